The van der Waals surface area contributed by atoms with E-state index in [2.05, 4.69) is 10.00 Å². The summed E-state index contributed by atoms with van der Waals surface area (Å²) in [5, 5.41) is 4.04. The van der Waals surface area contributed by atoms with Crippen LogP contribution in [-0.4, -0.2) is 64.7 Å². The number of amides is 2. The average Bonchev–Trinajstić information content (AvgIpc) is 3.17. The Morgan fingerprint density at radius 2 is 1.72 bits per heavy atom. The smallest absolute Gasteiger partial charge is 0.320 e. The van der Waals surface area contributed by atoms with Crippen molar-refractivity contribution in [2.45, 2.75) is 19.6 Å². The van der Waals surface area contributed by atoms with Crippen LogP contribution in [-0.2, 0) is 17.5 Å². The number of carbonyl (C=O) groups is 2. The number of hydrogen-bond donors (Lipinski definition) is 0. The maximum absolute atomic E-state index is 12.6. The molecule has 1 fully saturated rings. The second kappa shape index (κ2) is 8.24. The second-order valence-electron chi connectivity index (χ2n) is 6.96. The molecular formula is C19H22F3N5O2. The molecule has 1 aromatic carbocycles. The number of halogens is 3. The Labute approximate surface area is 166 Å². The maximum Gasteiger partial charge on any atom is 0.416 e. The summed E-state index contributed by atoms with van der Waals surface area (Å²) < 4.78 is 39.2. The van der Waals surface area contributed by atoms with Crippen molar-refractivity contribution in [1.82, 2.24) is 19.6 Å². The third-order valence-corrected chi connectivity index (χ3v) is 4.95. The molecule has 0 unspecified atom stereocenters. The zero-order chi connectivity index (χ0) is 21.2. The molecule has 3 rings (SSSR count). The fourth-order valence-corrected chi connectivity index (χ4v) is 3.07. The number of piperazine rings is 1. The van der Waals surface area contributed by atoms with Crippen molar-refractivity contribution in [2.75, 3.05) is 38.1 Å². The lowest BCUT2D eigenvalue weighted by Gasteiger charge is -2.34. The van der Waals surface area contributed by atoms with Crippen LogP contribution in [0.2, 0.25) is 0 Å². The minimum atomic E-state index is -4.34. The first-order chi connectivity index (χ1) is 13.6. The molecule has 7 nitrogen and oxygen atoms in total. The van der Waals surface area contributed by atoms with Crippen LogP contribution in [0.1, 0.15) is 18.1 Å². The average molecular weight is 409 g/mol. The molecule has 2 heterocycles. The van der Waals surface area contributed by atoms with E-state index in [1.54, 1.807) is 11.9 Å². The summed E-state index contributed by atoms with van der Waals surface area (Å²) in [7, 11) is 1.61. The molecule has 1 aromatic heterocycles. The Morgan fingerprint density at radius 1 is 1.10 bits per heavy atom. The Kier molecular flexibility index (Phi) is 5.92. The van der Waals surface area contributed by atoms with Gasteiger partial charge in [-0.25, -0.2) is 4.79 Å². The third kappa shape index (κ3) is 4.94. The van der Waals surface area contributed by atoms with E-state index in [4.69, 9.17) is 0 Å². The third-order valence-electron chi connectivity index (χ3n) is 4.95. The van der Waals surface area contributed by atoms with Crippen LogP contribution in [0.15, 0.2) is 36.7 Å². The molecule has 2 amide bonds. The van der Waals surface area contributed by atoms with Crippen molar-refractivity contribution < 1.29 is 22.8 Å². The van der Waals surface area contributed by atoms with Gasteiger partial charge in [0, 0.05) is 46.7 Å². The molecule has 0 radical (unpaired) electrons. The summed E-state index contributed by atoms with van der Waals surface area (Å²) in [6, 6.07) is 4.86. The first-order valence-electron chi connectivity index (χ1n) is 9.12. The van der Waals surface area contributed by atoms with E-state index in [9.17, 15) is 22.8 Å². The standard InChI is InChI=1S/C19H22F3N5O2/c1-14(28)24(2)17-11-23-27(13-17)18(29)26-9-7-25(8-10-26)12-15-3-5-16(6-4-15)19(20,21)22/h3-6,11,13H,7-10,12H2,1-2H3. The lowest BCUT2D eigenvalue weighted by molar-refractivity contribution is -0.137. The summed E-state index contributed by atoms with van der Waals surface area (Å²) in [6.07, 6.45) is -1.37. The Balaban J connectivity index is 1.54. The van der Waals surface area contributed by atoms with Crippen molar-refractivity contribution in [3.05, 3.63) is 47.8 Å². The van der Waals surface area contributed by atoms with Gasteiger partial charge in [0.2, 0.25) is 5.91 Å². The number of rotatable bonds is 3. The largest absolute Gasteiger partial charge is 0.416 e. The second-order valence-corrected chi connectivity index (χ2v) is 6.96. The molecule has 1 aliphatic heterocycles. The molecule has 0 saturated carbocycles. The number of alkyl halides is 3. The van der Waals surface area contributed by atoms with Gasteiger partial charge in [-0.2, -0.15) is 23.0 Å². The van der Waals surface area contributed by atoms with Crippen LogP contribution in [0.25, 0.3) is 0 Å². The lowest BCUT2D eigenvalue weighted by atomic mass is 10.1. The van der Waals surface area contributed by atoms with Gasteiger partial charge in [0.15, 0.2) is 0 Å². The Morgan fingerprint density at radius 3 is 2.28 bits per heavy atom. The number of aromatic nitrogens is 2. The summed E-state index contributed by atoms with van der Waals surface area (Å²) >= 11 is 0. The highest BCUT2D eigenvalue weighted by atomic mass is 19.4. The van der Waals surface area contributed by atoms with E-state index in [0.717, 1.165) is 17.7 Å². The number of carbonyl (C=O) groups excluding carboxylic acids is 2. The van der Waals surface area contributed by atoms with Crippen LogP contribution in [0.5, 0.6) is 0 Å². The SMILES string of the molecule is CC(=O)N(C)c1cnn(C(=O)N2CCN(Cc3ccc(C(F)(F)F)cc3)CC2)c1. The quantitative estimate of drug-likeness (QED) is 0.782. The minimum Gasteiger partial charge on any atom is -0.320 e. The normalized spacial score (nSPS) is 15.4. The van der Waals surface area contributed by atoms with Gasteiger partial charge in [0.25, 0.3) is 0 Å². The predicted molar refractivity (Wildman–Crippen MR) is 100 cm³/mol. The van der Waals surface area contributed by atoms with E-state index < -0.39 is 11.7 Å². The van der Waals surface area contributed by atoms with Crippen LogP contribution in [0.3, 0.4) is 0 Å². The molecular weight excluding hydrogens is 387 g/mol. The van der Waals surface area contributed by atoms with Crippen LogP contribution in [0, 0.1) is 0 Å². The van der Waals surface area contributed by atoms with Gasteiger partial charge < -0.3 is 9.80 Å². The molecule has 0 spiro atoms. The van der Waals surface area contributed by atoms with Gasteiger partial charge in [-0.1, -0.05) is 12.1 Å². The van der Waals surface area contributed by atoms with E-state index in [1.165, 1.54) is 41.0 Å². The fourth-order valence-electron chi connectivity index (χ4n) is 3.07. The van der Waals surface area contributed by atoms with Crippen LogP contribution >= 0.6 is 0 Å². The molecule has 0 bridgehead atoms. The predicted octanol–water partition coefficient (Wildman–Crippen LogP) is 2.67. The molecule has 1 aliphatic rings. The molecule has 0 N–H and O–H groups in total. The highest BCUT2D eigenvalue weighted by Crippen LogP contribution is 2.29. The summed E-state index contributed by atoms with van der Waals surface area (Å²) in [6.45, 7) is 4.13. The highest BCUT2D eigenvalue weighted by molar-refractivity contribution is 5.91. The monoisotopic (exact) mass is 409 g/mol. The summed E-state index contributed by atoms with van der Waals surface area (Å²) in [4.78, 5) is 29.2. The molecule has 0 aliphatic carbocycles. The Bertz CT molecular complexity index is 871. The van der Waals surface area contributed by atoms with Crippen molar-refractivity contribution >= 4 is 17.6 Å². The highest BCUT2D eigenvalue weighted by Gasteiger charge is 2.30. The number of benzene rings is 1. The zero-order valence-corrected chi connectivity index (χ0v) is 16.2. The lowest BCUT2D eigenvalue weighted by Crippen LogP contribution is -2.49. The fraction of sp³-hybridized carbons (Fsp3) is 0.421. The molecule has 156 valence electrons. The Hall–Kier alpha value is -2.88. The molecule has 10 heteroatoms. The van der Waals surface area contributed by atoms with Gasteiger partial charge in [-0.15, -0.1) is 0 Å². The van der Waals surface area contributed by atoms with Crippen molar-refractivity contribution in [1.29, 1.82) is 0 Å². The van der Waals surface area contributed by atoms with Crippen molar-refractivity contribution in [2.24, 2.45) is 0 Å². The minimum absolute atomic E-state index is 0.158. The zero-order valence-electron chi connectivity index (χ0n) is 16.2. The molecule has 2 aromatic rings. The van der Waals surface area contributed by atoms with E-state index >= 15 is 0 Å². The van der Waals surface area contributed by atoms with E-state index in [0.29, 0.717) is 38.4 Å². The van der Waals surface area contributed by atoms with Gasteiger partial charge in [-0.3, -0.25) is 9.69 Å². The van der Waals surface area contributed by atoms with Crippen molar-refractivity contribution in [3.8, 4) is 0 Å². The summed E-state index contributed by atoms with van der Waals surface area (Å²) in [5.41, 5.74) is 0.666. The van der Waals surface area contributed by atoms with Gasteiger partial charge in [0.05, 0.1) is 23.6 Å². The molecule has 0 atom stereocenters. The maximum atomic E-state index is 12.6. The molecule has 1 saturated heterocycles. The first-order valence-corrected chi connectivity index (χ1v) is 9.12. The van der Waals surface area contributed by atoms with Crippen LogP contribution < -0.4 is 4.90 Å². The summed E-state index contributed by atoms with van der Waals surface area (Å²) in [5.74, 6) is -0.158. The van der Waals surface area contributed by atoms with E-state index in [-0.39, 0.29) is 11.9 Å². The topological polar surface area (TPSA) is 61.7 Å². The van der Waals surface area contributed by atoms with Gasteiger partial charge >= 0.3 is 12.2 Å². The number of hydrogen-bond acceptors (Lipinski definition) is 4. The van der Waals surface area contributed by atoms with Gasteiger partial charge in [-0.05, 0) is 17.7 Å². The number of anilines is 1. The number of nitrogens with zero attached hydrogens (tertiary/aromatic N) is 5. The van der Waals surface area contributed by atoms with E-state index in [1.807, 2.05) is 0 Å². The van der Waals surface area contributed by atoms with Gasteiger partial charge in [0.1, 0.15) is 0 Å². The first kappa shape index (κ1) is 20.8. The van der Waals surface area contributed by atoms with Crippen LogP contribution in [0.4, 0.5) is 23.7 Å². The molecule has 29 heavy (non-hydrogen) atoms. The van der Waals surface area contributed by atoms with Crippen molar-refractivity contribution in [3.63, 3.8) is 0 Å².